The van der Waals surface area contributed by atoms with Crippen LogP contribution in [0.15, 0.2) is 77.7 Å². The second-order valence-corrected chi connectivity index (χ2v) is 10.4. The molecule has 3 nitrogen and oxygen atoms in total. The normalized spacial score (nSPS) is 12.7. The topological polar surface area (TPSA) is 32.7 Å². The zero-order valence-electron chi connectivity index (χ0n) is 20.4. The summed E-state index contributed by atoms with van der Waals surface area (Å²) in [6.07, 6.45) is -0.602. The van der Waals surface area contributed by atoms with Crippen LogP contribution in [-0.2, 0) is 6.54 Å². The van der Waals surface area contributed by atoms with E-state index in [0.29, 0.717) is 24.8 Å². The summed E-state index contributed by atoms with van der Waals surface area (Å²) in [5.74, 6) is 1.79. The smallest absolute Gasteiger partial charge is 0.446 e. The van der Waals surface area contributed by atoms with Gasteiger partial charge in [-0.15, -0.1) is 0 Å². The number of nitrogens with zero attached hydrogens (tertiary/aromatic N) is 1. The maximum absolute atomic E-state index is 12.9. The lowest BCUT2D eigenvalue weighted by Gasteiger charge is -2.29. The Hall–Kier alpha value is -2.64. The van der Waals surface area contributed by atoms with Crippen LogP contribution in [0.2, 0.25) is 0 Å². The van der Waals surface area contributed by atoms with Gasteiger partial charge in [0.25, 0.3) is 0 Å². The fourth-order valence-corrected chi connectivity index (χ4v) is 4.20. The van der Waals surface area contributed by atoms with Crippen LogP contribution in [0.25, 0.3) is 0 Å². The number of thioether (sulfide) groups is 1. The first-order chi connectivity index (χ1) is 16.5. The number of alkyl halides is 3. The highest BCUT2D eigenvalue weighted by molar-refractivity contribution is 8.00. The fourth-order valence-electron chi connectivity index (χ4n) is 3.58. The zero-order chi connectivity index (χ0) is 25.6. The Bertz CT molecular complexity index is 1100. The van der Waals surface area contributed by atoms with E-state index in [0.717, 1.165) is 17.0 Å². The molecule has 3 aromatic carbocycles. The molecule has 0 heterocycles. The molecule has 0 saturated heterocycles. The van der Waals surface area contributed by atoms with Gasteiger partial charge in [-0.1, -0.05) is 58.0 Å². The molecule has 0 fully saturated rings. The van der Waals surface area contributed by atoms with Crippen LogP contribution < -0.4 is 9.64 Å². The van der Waals surface area contributed by atoms with Crippen molar-refractivity contribution in [1.82, 2.24) is 0 Å². The molecule has 0 aromatic heterocycles. The van der Waals surface area contributed by atoms with Crippen LogP contribution in [0.3, 0.4) is 0 Å². The SMILES string of the molecule is CC(C)c1cccc(Oc2cccc(N(Cc3cccc(SC(F)(F)F)c3)CC(O)C(C)C)c2)c1. The lowest BCUT2D eigenvalue weighted by molar-refractivity contribution is -0.0328. The molecule has 7 heteroatoms. The number of ether oxygens (including phenoxy) is 1. The molecule has 35 heavy (non-hydrogen) atoms. The van der Waals surface area contributed by atoms with Gasteiger partial charge in [0.05, 0.1) is 6.10 Å². The number of halogens is 3. The predicted octanol–water partition coefficient (Wildman–Crippen LogP) is 8.24. The Morgan fingerprint density at radius 3 is 2.20 bits per heavy atom. The molecule has 3 aromatic rings. The van der Waals surface area contributed by atoms with Gasteiger partial charge in [-0.2, -0.15) is 13.2 Å². The Morgan fingerprint density at radius 1 is 0.886 bits per heavy atom. The minimum atomic E-state index is -4.34. The zero-order valence-corrected chi connectivity index (χ0v) is 21.2. The van der Waals surface area contributed by atoms with Gasteiger partial charge in [0.2, 0.25) is 0 Å². The number of benzene rings is 3. The van der Waals surface area contributed by atoms with Crippen molar-refractivity contribution in [2.45, 2.75) is 56.7 Å². The maximum atomic E-state index is 12.9. The summed E-state index contributed by atoms with van der Waals surface area (Å²) in [6.45, 7) is 8.80. The van der Waals surface area contributed by atoms with Gasteiger partial charge < -0.3 is 14.7 Å². The highest BCUT2D eigenvalue weighted by Crippen LogP contribution is 2.37. The third-order valence-corrected chi connectivity index (χ3v) is 6.35. The van der Waals surface area contributed by atoms with Crippen molar-refractivity contribution < 1.29 is 23.0 Å². The summed E-state index contributed by atoms with van der Waals surface area (Å²) in [7, 11) is 0. The molecule has 0 saturated carbocycles. The van der Waals surface area contributed by atoms with Gasteiger partial charge >= 0.3 is 5.51 Å². The molecule has 1 unspecified atom stereocenters. The van der Waals surface area contributed by atoms with Gasteiger partial charge in [0.15, 0.2) is 0 Å². The first kappa shape index (κ1) is 27.0. The quantitative estimate of drug-likeness (QED) is 0.282. The molecule has 0 amide bonds. The Labute approximate surface area is 209 Å². The standard InChI is InChI=1S/C28H32F3NO2S/c1-19(2)22-9-6-11-24(15-22)34-25-12-7-10-23(16-25)32(18-27(33)20(3)4)17-21-8-5-13-26(14-21)35-28(29,30)31/h5-16,19-20,27,33H,17-18H2,1-4H3. The minimum absolute atomic E-state index is 0.0304. The van der Waals surface area contributed by atoms with Crippen molar-refractivity contribution in [3.63, 3.8) is 0 Å². The lowest BCUT2D eigenvalue weighted by atomic mass is 10.0. The van der Waals surface area contributed by atoms with Crippen LogP contribution in [0.4, 0.5) is 18.9 Å². The number of hydrogen-bond acceptors (Lipinski definition) is 4. The first-order valence-corrected chi connectivity index (χ1v) is 12.5. The van der Waals surface area contributed by atoms with E-state index in [4.69, 9.17) is 4.74 Å². The molecule has 0 spiro atoms. The fraction of sp³-hybridized carbons (Fsp3) is 0.357. The Kier molecular flexibility index (Phi) is 9.14. The van der Waals surface area contributed by atoms with Gasteiger partial charge in [-0.05, 0) is 71.1 Å². The highest BCUT2D eigenvalue weighted by Gasteiger charge is 2.29. The third-order valence-electron chi connectivity index (χ3n) is 5.63. The number of anilines is 1. The molecular formula is C28H32F3NO2S. The summed E-state index contributed by atoms with van der Waals surface area (Å²) >= 11 is -0.125. The molecule has 0 radical (unpaired) electrons. The maximum Gasteiger partial charge on any atom is 0.446 e. The largest absolute Gasteiger partial charge is 0.457 e. The predicted molar refractivity (Wildman–Crippen MR) is 137 cm³/mol. The van der Waals surface area contributed by atoms with Crippen LogP contribution in [0, 0.1) is 5.92 Å². The van der Waals surface area contributed by atoms with Gasteiger partial charge in [0, 0.05) is 29.7 Å². The van der Waals surface area contributed by atoms with Crippen molar-refractivity contribution >= 4 is 17.4 Å². The summed E-state index contributed by atoms with van der Waals surface area (Å²) < 4.78 is 44.7. The molecule has 1 atom stereocenters. The molecule has 0 aliphatic rings. The van der Waals surface area contributed by atoms with E-state index in [9.17, 15) is 18.3 Å². The Balaban J connectivity index is 1.86. The Morgan fingerprint density at radius 2 is 1.54 bits per heavy atom. The summed E-state index contributed by atoms with van der Waals surface area (Å²) in [5.41, 5.74) is -1.62. The van der Waals surface area contributed by atoms with Gasteiger partial charge in [-0.25, -0.2) is 0 Å². The first-order valence-electron chi connectivity index (χ1n) is 11.7. The van der Waals surface area contributed by atoms with Crippen molar-refractivity contribution in [2.24, 2.45) is 5.92 Å². The van der Waals surface area contributed by atoms with Gasteiger partial charge in [0.1, 0.15) is 11.5 Å². The number of aliphatic hydroxyl groups is 1. The molecular weight excluding hydrogens is 471 g/mol. The molecule has 1 N–H and O–H groups in total. The molecule has 0 bridgehead atoms. The average Bonchev–Trinajstić information content (AvgIpc) is 2.78. The second kappa shape index (κ2) is 11.9. The van der Waals surface area contributed by atoms with Crippen LogP contribution in [0.1, 0.15) is 44.7 Å². The van der Waals surface area contributed by atoms with E-state index in [-0.39, 0.29) is 22.6 Å². The monoisotopic (exact) mass is 503 g/mol. The summed E-state index contributed by atoms with van der Waals surface area (Å²) in [4.78, 5) is 2.11. The van der Waals surface area contributed by atoms with Crippen molar-refractivity contribution in [1.29, 1.82) is 0 Å². The van der Waals surface area contributed by atoms with E-state index >= 15 is 0 Å². The van der Waals surface area contributed by atoms with Crippen molar-refractivity contribution in [3.05, 3.63) is 83.9 Å². The van der Waals surface area contributed by atoms with Crippen LogP contribution >= 0.6 is 11.8 Å². The summed E-state index contributed by atoms with van der Waals surface area (Å²) in [6, 6.07) is 21.9. The molecule has 0 aliphatic carbocycles. The van der Waals surface area contributed by atoms with Gasteiger partial charge in [-0.3, -0.25) is 0 Å². The van der Waals surface area contributed by atoms with Crippen molar-refractivity contribution in [2.75, 3.05) is 11.4 Å². The number of hydrogen-bond donors (Lipinski definition) is 1. The van der Waals surface area contributed by atoms with Crippen LogP contribution in [0.5, 0.6) is 11.5 Å². The third kappa shape index (κ3) is 8.51. The number of rotatable bonds is 10. The number of aliphatic hydroxyl groups excluding tert-OH is 1. The lowest BCUT2D eigenvalue weighted by Crippen LogP contribution is -2.34. The van der Waals surface area contributed by atoms with E-state index in [1.165, 1.54) is 11.6 Å². The van der Waals surface area contributed by atoms with E-state index in [1.807, 2.05) is 61.2 Å². The molecule has 188 valence electrons. The molecule has 3 rings (SSSR count). The average molecular weight is 504 g/mol. The molecule has 0 aliphatic heterocycles. The van der Waals surface area contributed by atoms with E-state index in [2.05, 4.69) is 19.9 Å². The second-order valence-electron chi connectivity index (χ2n) is 9.21. The van der Waals surface area contributed by atoms with Crippen molar-refractivity contribution in [3.8, 4) is 11.5 Å². The summed E-state index contributed by atoms with van der Waals surface area (Å²) in [5, 5.41) is 10.6. The van der Waals surface area contributed by atoms with E-state index < -0.39 is 11.6 Å². The highest BCUT2D eigenvalue weighted by atomic mass is 32.2. The van der Waals surface area contributed by atoms with Crippen LogP contribution in [-0.4, -0.2) is 23.3 Å². The minimum Gasteiger partial charge on any atom is -0.457 e. The van der Waals surface area contributed by atoms with E-state index in [1.54, 1.807) is 18.2 Å².